The van der Waals surface area contributed by atoms with Gasteiger partial charge < -0.3 is 9.88 Å². The third-order valence-electron chi connectivity index (χ3n) is 4.34. The summed E-state index contributed by atoms with van der Waals surface area (Å²) in [4.78, 5) is 16.6. The fraction of sp³-hybridized carbons (Fsp3) is 0.136. The highest BCUT2D eigenvalue weighted by Crippen LogP contribution is 2.22. The number of aryl methyl sites for hydroxylation is 1. The maximum Gasteiger partial charge on any atom is 0.262 e. The van der Waals surface area contributed by atoms with E-state index in [-0.39, 0.29) is 11.5 Å². The van der Waals surface area contributed by atoms with Crippen LogP contribution in [0.4, 0.5) is 0 Å². The molecule has 2 heterocycles. The van der Waals surface area contributed by atoms with Gasteiger partial charge in [0.1, 0.15) is 11.6 Å². The molecule has 0 radical (unpaired) electrons. The number of carbonyl (C=O) groups is 1. The quantitative estimate of drug-likeness (QED) is 0.559. The molecular formula is C22H20N4O. The molecule has 3 rings (SSSR count). The van der Waals surface area contributed by atoms with Crippen LogP contribution in [-0.4, -0.2) is 15.5 Å². The zero-order valence-corrected chi connectivity index (χ0v) is 15.3. The van der Waals surface area contributed by atoms with Crippen LogP contribution in [0, 0.1) is 25.2 Å². The number of aromatic nitrogens is 2. The number of nitrogens with zero attached hydrogens (tertiary/aromatic N) is 3. The molecule has 0 unspecified atom stereocenters. The number of nitriles is 1. The minimum absolute atomic E-state index is 0.0809. The number of nitrogens with one attached hydrogen (secondary N) is 1. The predicted octanol–water partition coefficient (Wildman–Crippen LogP) is 3.71. The van der Waals surface area contributed by atoms with Crippen LogP contribution in [0.15, 0.2) is 66.5 Å². The monoisotopic (exact) mass is 356 g/mol. The molecule has 0 atom stereocenters. The van der Waals surface area contributed by atoms with Crippen molar-refractivity contribution in [3.8, 4) is 11.8 Å². The maximum absolute atomic E-state index is 12.4. The standard InChI is InChI=1S/C22H20N4O/c1-16-11-19(17(2)26(16)21-9-6-10-24-15-21)12-20(13-23)22(27)25-14-18-7-4-3-5-8-18/h3-12,15H,14H2,1-2H3,(H,25,27). The van der Waals surface area contributed by atoms with E-state index in [0.29, 0.717) is 6.54 Å². The largest absolute Gasteiger partial charge is 0.347 e. The van der Waals surface area contributed by atoms with Crippen molar-refractivity contribution in [2.75, 3.05) is 0 Å². The van der Waals surface area contributed by atoms with Crippen LogP contribution in [0.3, 0.4) is 0 Å². The topological polar surface area (TPSA) is 70.7 Å². The Morgan fingerprint density at radius 2 is 2.00 bits per heavy atom. The molecule has 2 aromatic heterocycles. The van der Waals surface area contributed by atoms with E-state index in [2.05, 4.69) is 14.9 Å². The molecule has 0 saturated carbocycles. The first-order valence-electron chi connectivity index (χ1n) is 8.63. The highest BCUT2D eigenvalue weighted by molar-refractivity contribution is 6.01. The summed E-state index contributed by atoms with van der Waals surface area (Å²) in [6.07, 6.45) is 5.14. The van der Waals surface area contributed by atoms with E-state index in [1.807, 2.05) is 68.4 Å². The first-order chi connectivity index (χ1) is 13.1. The zero-order valence-electron chi connectivity index (χ0n) is 15.3. The fourth-order valence-corrected chi connectivity index (χ4v) is 2.99. The van der Waals surface area contributed by atoms with E-state index in [0.717, 1.165) is 28.2 Å². The molecule has 0 aliphatic rings. The van der Waals surface area contributed by atoms with Crippen LogP contribution < -0.4 is 5.32 Å². The van der Waals surface area contributed by atoms with E-state index in [1.165, 1.54) is 0 Å². The van der Waals surface area contributed by atoms with Gasteiger partial charge in [0.25, 0.3) is 5.91 Å². The third kappa shape index (κ3) is 4.13. The van der Waals surface area contributed by atoms with E-state index < -0.39 is 0 Å². The molecule has 0 spiro atoms. The average molecular weight is 356 g/mol. The second-order valence-corrected chi connectivity index (χ2v) is 6.21. The van der Waals surface area contributed by atoms with Crippen LogP contribution in [-0.2, 0) is 11.3 Å². The summed E-state index contributed by atoms with van der Waals surface area (Å²) >= 11 is 0. The van der Waals surface area contributed by atoms with Crippen molar-refractivity contribution < 1.29 is 4.79 Å². The van der Waals surface area contributed by atoms with Crippen molar-refractivity contribution in [1.82, 2.24) is 14.9 Å². The molecule has 0 saturated heterocycles. The summed E-state index contributed by atoms with van der Waals surface area (Å²) in [5, 5.41) is 12.2. The molecule has 0 bridgehead atoms. The molecule has 1 aromatic carbocycles. The van der Waals surface area contributed by atoms with Gasteiger partial charge in [0, 0.05) is 24.1 Å². The molecule has 0 aliphatic carbocycles. The second-order valence-electron chi connectivity index (χ2n) is 6.21. The molecule has 27 heavy (non-hydrogen) atoms. The lowest BCUT2D eigenvalue weighted by Crippen LogP contribution is -2.23. The van der Waals surface area contributed by atoms with Crippen LogP contribution in [0.2, 0.25) is 0 Å². The van der Waals surface area contributed by atoms with E-state index >= 15 is 0 Å². The molecule has 0 fully saturated rings. The first kappa shape index (κ1) is 18.2. The third-order valence-corrected chi connectivity index (χ3v) is 4.34. The highest BCUT2D eigenvalue weighted by Gasteiger charge is 2.13. The van der Waals surface area contributed by atoms with Gasteiger partial charge in [0.05, 0.1) is 11.9 Å². The Morgan fingerprint density at radius 1 is 1.22 bits per heavy atom. The molecule has 3 aromatic rings. The van der Waals surface area contributed by atoms with E-state index in [1.54, 1.807) is 18.5 Å². The van der Waals surface area contributed by atoms with Crippen LogP contribution in [0.25, 0.3) is 11.8 Å². The van der Waals surface area contributed by atoms with Gasteiger partial charge in [-0.1, -0.05) is 30.3 Å². The lowest BCUT2D eigenvalue weighted by Gasteiger charge is -2.08. The maximum atomic E-state index is 12.4. The summed E-state index contributed by atoms with van der Waals surface area (Å²) in [5.41, 5.74) is 4.80. The van der Waals surface area contributed by atoms with Crippen LogP contribution in [0.5, 0.6) is 0 Å². The van der Waals surface area contributed by atoms with Gasteiger partial charge >= 0.3 is 0 Å². The molecule has 134 valence electrons. The van der Waals surface area contributed by atoms with Crippen molar-refractivity contribution in [2.24, 2.45) is 0 Å². The number of benzene rings is 1. The number of rotatable bonds is 5. The first-order valence-corrected chi connectivity index (χ1v) is 8.63. The van der Waals surface area contributed by atoms with Gasteiger partial charge in [-0.05, 0) is 49.2 Å². The molecule has 1 N–H and O–H groups in total. The molecular weight excluding hydrogens is 336 g/mol. The lowest BCUT2D eigenvalue weighted by atomic mass is 10.1. The smallest absolute Gasteiger partial charge is 0.262 e. The average Bonchev–Trinajstić information content (AvgIpc) is 2.98. The number of hydrogen-bond acceptors (Lipinski definition) is 3. The number of carbonyl (C=O) groups excluding carboxylic acids is 1. The Balaban J connectivity index is 1.84. The SMILES string of the molecule is Cc1cc(C=C(C#N)C(=O)NCc2ccccc2)c(C)n1-c1cccnc1. The Kier molecular flexibility index (Phi) is 5.48. The van der Waals surface area contributed by atoms with E-state index in [4.69, 9.17) is 0 Å². The molecule has 0 aliphatic heterocycles. The van der Waals surface area contributed by atoms with Crippen LogP contribution in [0.1, 0.15) is 22.5 Å². The second kappa shape index (κ2) is 8.15. The number of hydrogen-bond donors (Lipinski definition) is 1. The van der Waals surface area contributed by atoms with E-state index in [9.17, 15) is 10.1 Å². The van der Waals surface area contributed by atoms with Crippen molar-refractivity contribution in [1.29, 1.82) is 5.26 Å². The molecule has 1 amide bonds. The van der Waals surface area contributed by atoms with Gasteiger partial charge in [0.2, 0.25) is 0 Å². The lowest BCUT2D eigenvalue weighted by molar-refractivity contribution is -0.117. The van der Waals surface area contributed by atoms with Crippen molar-refractivity contribution in [3.05, 3.63) is 89.0 Å². The molecule has 5 nitrogen and oxygen atoms in total. The summed E-state index contributed by atoms with van der Waals surface area (Å²) in [6.45, 7) is 4.33. The Hall–Kier alpha value is -3.65. The van der Waals surface area contributed by atoms with Gasteiger partial charge in [-0.15, -0.1) is 0 Å². The Morgan fingerprint density at radius 3 is 2.67 bits per heavy atom. The number of amides is 1. The minimum Gasteiger partial charge on any atom is -0.347 e. The zero-order chi connectivity index (χ0) is 19.2. The normalized spacial score (nSPS) is 11.1. The highest BCUT2D eigenvalue weighted by atomic mass is 16.1. The Labute approximate surface area is 158 Å². The summed E-state index contributed by atoms with van der Waals surface area (Å²) in [5.74, 6) is -0.382. The van der Waals surface area contributed by atoms with Gasteiger partial charge in [-0.25, -0.2) is 0 Å². The minimum atomic E-state index is -0.382. The van der Waals surface area contributed by atoms with Crippen molar-refractivity contribution >= 4 is 12.0 Å². The summed E-state index contributed by atoms with van der Waals surface area (Å²) in [7, 11) is 0. The van der Waals surface area contributed by atoms with Gasteiger partial charge in [0.15, 0.2) is 0 Å². The summed E-state index contributed by atoms with van der Waals surface area (Å²) < 4.78 is 2.05. The van der Waals surface area contributed by atoms with Crippen molar-refractivity contribution in [3.63, 3.8) is 0 Å². The fourth-order valence-electron chi connectivity index (χ4n) is 2.99. The van der Waals surface area contributed by atoms with Gasteiger partial charge in [-0.2, -0.15) is 5.26 Å². The number of pyridine rings is 1. The van der Waals surface area contributed by atoms with Crippen LogP contribution >= 0.6 is 0 Å². The predicted molar refractivity (Wildman–Crippen MR) is 105 cm³/mol. The molecule has 5 heteroatoms. The van der Waals surface area contributed by atoms with Gasteiger partial charge in [-0.3, -0.25) is 9.78 Å². The summed E-state index contributed by atoms with van der Waals surface area (Å²) in [6, 6.07) is 17.4. The Bertz CT molecular complexity index is 1010. The van der Waals surface area contributed by atoms with Crippen molar-refractivity contribution in [2.45, 2.75) is 20.4 Å².